The van der Waals surface area contributed by atoms with Gasteiger partial charge in [0, 0.05) is 5.56 Å². The fourth-order valence-electron chi connectivity index (χ4n) is 2.22. The van der Waals surface area contributed by atoms with Crippen molar-refractivity contribution in [2.75, 3.05) is 20.3 Å². The second-order valence-corrected chi connectivity index (χ2v) is 6.38. The first-order valence-electron chi connectivity index (χ1n) is 8.23. The van der Waals surface area contributed by atoms with E-state index >= 15 is 0 Å². The average Bonchev–Trinajstić information content (AvgIpc) is 2.66. The largest absolute Gasteiger partial charge is 0.493 e. The van der Waals surface area contributed by atoms with Crippen LogP contribution in [0.15, 0.2) is 40.9 Å². The molecular formula is C19H21BrN2O5. The number of hydrogen-bond donors (Lipinski definition) is 2. The van der Waals surface area contributed by atoms with Crippen LogP contribution in [0.2, 0.25) is 0 Å². The summed E-state index contributed by atoms with van der Waals surface area (Å²) in [7, 11) is 1.48. The van der Waals surface area contributed by atoms with E-state index in [2.05, 4.69) is 26.8 Å². The first kappa shape index (κ1) is 20.6. The van der Waals surface area contributed by atoms with Gasteiger partial charge in [0.15, 0.2) is 18.1 Å². The van der Waals surface area contributed by atoms with Gasteiger partial charge >= 0.3 is 0 Å². The minimum atomic E-state index is -0.499. The maximum atomic E-state index is 12.3. The summed E-state index contributed by atoms with van der Waals surface area (Å²) in [6, 6.07) is 10.4. The zero-order valence-corrected chi connectivity index (χ0v) is 16.9. The normalized spacial score (nSPS) is 10.1. The van der Waals surface area contributed by atoms with Crippen LogP contribution < -0.4 is 25.1 Å². The number of hydrogen-bond acceptors (Lipinski definition) is 5. The van der Waals surface area contributed by atoms with Gasteiger partial charge in [0.05, 0.1) is 18.2 Å². The molecule has 0 atom stereocenters. The van der Waals surface area contributed by atoms with Gasteiger partial charge in [0.2, 0.25) is 0 Å². The molecule has 2 N–H and O–H groups in total. The van der Waals surface area contributed by atoms with E-state index in [-0.39, 0.29) is 6.61 Å². The van der Waals surface area contributed by atoms with Crippen molar-refractivity contribution in [1.29, 1.82) is 0 Å². The van der Waals surface area contributed by atoms with Crippen LogP contribution in [-0.4, -0.2) is 32.1 Å². The van der Waals surface area contributed by atoms with E-state index in [1.165, 1.54) is 13.2 Å². The minimum Gasteiger partial charge on any atom is -0.493 e. The number of amides is 2. The van der Waals surface area contributed by atoms with Crippen molar-refractivity contribution in [1.82, 2.24) is 10.9 Å². The summed E-state index contributed by atoms with van der Waals surface area (Å²) in [6.07, 6.45) is 0. The highest BCUT2D eigenvalue weighted by Gasteiger charge is 2.16. The van der Waals surface area contributed by atoms with E-state index < -0.39 is 11.8 Å². The van der Waals surface area contributed by atoms with Crippen molar-refractivity contribution < 1.29 is 23.8 Å². The number of methoxy groups -OCH3 is 1. The molecule has 27 heavy (non-hydrogen) atoms. The monoisotopic (exact) mass is 436 g/mol. The number of rotatable bonds is 7. The molecule has 0 bridgehead atoms. The summed E-state index contributed by atoms with van der Waals surface area (Å²) in [6.45, 7) is 4.01. The highest BCUT2D eigenvalue weighted by atomic mass is 79.9. The number of nitrogens with one attached hydrogen (secondary N) is 2. The molecule has 2 amide bonds. The van der Waals surface area contributed by atoms with Crippen molar-refractivity contribution in [2.24, 2.45) is 0 Å². The zero-order chi connectivity index (χ0) is 19.8. The summed E-state index contributed by atoms with van der Waals surface area (Å²) < 4.78 is 16.7. The van der Waals surface area contributed by atoms with Crippen LogP contribution in [0.4, 0.5) is 0 Å². The van der Waals surface area contributed by atoms with E-state index in [0.29, 0.717) is 33.9 Å². The van der Waals surface area contributed by atoms with Crippen molar-refractivity contribution in [3.8, 4) is 17.2 Å². The molecule has 0 saturated heterocycles. The molecule has 2 aromatic carbocycles. The molecule has 2 aromatic rings. The summed E-state index contributed by atoms with van der Waals surface area (Å²) in [5, 5.41) is 0. The van der Waals surface area contributed by atoms with E-state index in [1.807, 2.05) is 32.0 Å². The Morgan fingerprint density at radius 3 is 2.56 bits per heavy atom. The fraction of sp³-hybridized carbons (Fsp3) is 0.263. The van der Waals surface area contributed by atoms with Crippen LogP contribution >= 0.6 is 15.9 Å². The lowest BCUT2D eigenvalue weighted by atomic mass is 10.2. The Bertz CT molecular complexity index is 826. The molecule has 0 aliphatic rings. The Labute approximate surface area is 166 Å². The molecule has 0 saturated carbocycles. The molecular weight excluding hydrogens is 416 g/mol. The Balaban J connectivity index is 1.93. The molecule has 7 nitrogen and oxygen atoms in total. The summed E-state index contributed by atoms with van der Waals surface area (Å²) in [5.74, 6) is 0.511. The lowest BCUT2D eigenvalue weighted by Crippen LogP contribution is -2.43. The second-order valence-electron chi connectivity index (χ2n) is 5.53. The average molecular weight is 437 g/mol. The standard InChI is InChI=1S/C19H21BrN2O5/c1-4-26-18-15(20)9-13(10-16(18)25-3)19(24)22-21-17(23)11-27-14-7-5-6-12(2)8-14/h5-10H,4,11H2,1-3H3,(H,21,23)(H,22,24). The van der Waals surface area contributed by atoms with Gasteiger partial charge in [-0.25, -0.2) is 0 Å². The summed E-state index contributed by atoms with van der Waals surface area (Å²) in [5.41, 5.74) is 5.97. The number of carbonyl (C=O) groups excluding carboxylic acids is 2. The number of aryl methyl sites for hydroxylation is 1. The highest BCUT2D eigenvalue weighted by molar-refractivity contribution is 9.10. The van der Waals surface area contributed by atoms with Gasteiger partial charge in [-0.15, -0.1) is 0 Å². The van der Waals surface area contributed by atoms with Gasteiger partial charge in [-0.3, -0.25) is 20.4 Å². The lowest BCUT2D eigenvalue weighted by Gasteiger charge is -2.14. The van der Waals surface area contributed by atoms with Crippen LogP contribution in [-0.2, 0) is 4.79 Å². The third-order valence-corrected chi connectivity index (χ3v) is 4.04. The number of carbonyl (C=O) groups is 2. The van der Waals surface area contributed by atoms with Crippen LogP contribution in [0, 0.1) is 6.92 Å². The Morgan fingerprint density at radius 2 is 1.89 bits per heavy atom. The Morgan fingerprint density at radius 1 is 1.11 bits per heavy atom. The second kappa shape index (κ2) is 9.82. The van der Waals surface area contributed by atoms with E-state index in [9.17, 15) is 9.59 Å². The van der Waals surface area contributed by atoms with Crippen molar-refractivity contribution >= 4 is 27.7 Å². The Kier molecular flexibility index (Phi) is 7.48. The van der Waals surface area contributed by atoms with Crippen LogP contribution in [0.1, 0.15) is 22.8 Å². The first-order valence-corrected chi connectivity index (χ1v) is 9.02. The lowest BCUT2D eigenvalue weighted by molar-refractivity contribution is -0.123. The van der Waals surface area contributed by atoms with E-state index in [1.54, 1.807) is 12.1 Å². The van der Waals surface area contributed by atoms with Crippen molar-refractivity contribution in [3.63, 3.8) is 0 Å². The molecule has 0 aliphatic heterocycles. The first-order chi connectivity index (χ1) is 12.9. The molecule has 0 radical (unpaired) electrons. The van der Waals surface area contributed by atoms with Crippen LogP contribution in [0.3, 0.4) is 0 Å². The van der Waals surface area contributed by atoms with Gasteiger partial charge in [-0.05, 0) is 59.6 Å². The topological polar surface area (TPSA) is 85.9 Å². The number of halogens is 1. The predicted octanol–water partition coefficient (Wildman–Crippen LogP) is 3.00. The molecule has 0 heterocycles. The van der Waals surface area contributed by atoms with Gasteiger partial charge in [-0.2, -0.15) is 0 Å². The van der Waals surface area contributed by atoms with Crippen molar-refractivity contribution in [3.05, 3.63) is 52.0 Å². The van der Waals surface area contributed by atoms with E-state index in [4.69, 9.17) is 14.2 Å². The van der Waals surface area contributed by atoms with Gasteiger partial charge < -0.3 is 14.2 Å². The molecule has 144 valence electrons. The number of benzene rings is 2. The summed E-state index contributed by atoms with van der Waals surface area (Å²) in [4.78, 5) is 24.1. The molecule has 0 fully saturated rings. The van der Waals surface area contributed by atoms with Crippen LogP contribution in [0.25, 0.3) is 0 Å². The van der Waals surface area contributed by atoms with Crippen molar-refractivity contribution in [2.45, 2.75) is 13.8 Å². The summed E-state index contributed by atoms with van der Waals surface area (Å²) >= 11 is 3.35. The number of ether oxygens (including phenoxy) is 3. The van der Waals surface area contributed by atoms with Gasteiger partial charge in [0.25, 0.3) is 11.8 Å². The van der Waals surface area contributed by atoms with Crippen LogP contribution in [0.5, 0.6) is 17.2 Å². The predicted molar refractivity (Wildman–Crippen MR) is 104 cm³/mol. The Hall–Kier alpha value is -2.74. The third-order valence-electron chi connectivity index (χ3n) is 3.46. The highest BCUT2D eigenvalue weighted by Crippen LogP contribution is 2.36. The maximum Gasteiger partial charge on any atom is 0.276 e. The molecule has 0 aromatic heterocycles. The SMILES string of the molecule is CCOc1c(Br)cc(C(=O)NNC(=O)COc2cccc(C)c2)cc1OC. The van der Waals surface area contributed by atoms with Gasteiger partial charge in [-0.1, -0.05) is 12.1 Å². The zero-order valence-electron chi connectivity index (χ0n) is 15.3. The molecule has 0 unspecified atom stereocenters. The quantitative estimate of drug-likeness (QED) is 0.651. The maximum absolute atomic E-state index is 12.3. The smallest absolute Gasteiger partial charge is 0.276 e. The molecule has 2 rings (SSSR count). The van der Waals surface area contributed by atoms with Gasteiger partial charge in [0.1, 0.15) is 5.75 Å². The fourth-order valence-corrected chi connectivity index (χ4v) is 2.78. The molecule has 0 aliphatic carbocycles. The molecule has 0 spiro atoms. The molecule has 8 heteroatoms. The minimum absolute atomic E-state index is 0.222. The third kappa shape index (κ3) is 5.89. The van der Waals surface area contributed by atoms with E-state index in [0.717, 1.165) is 5.56 Å². The number of hydrazine groups is 1.